The van der Waals surface area contributed by atoms with Crippen LogP contribution in [-0.4, -0.2) is 31.1 Å². The standard InChI is InChI=1S/C9H18N2O3.ClH/c1-4-14-8(12)5-11-9(13)6(2)7(3)10;/h6-7H,4-5,10H2,1-3H3,(H,11,13);1H. The monoisotopic (exact) mass is 238 g/mol. The van der Waals surface area contributed by atoms with E-state index in [9.17, 15) is 9.59 Å². The first-order chi connectivity index (χ1) is 6.49. The van der Waals surface area contributed by atoms with Gasteiger partial charge in [-0.15, -0.1) is 12.4 Å². The minimum absolute atomic E-state index is 0. The minimum atomic E-state index is -0.433. The lowest BCUT2D eigenvalue weighted by Crippen LogP contribution is -2.40. The molecule has 15 heavy (non-hydrogen) atoms. The van der Waals surface area contributed by atoms with E-state index in [1.807, 2.05) is 0 Å². The van der Waals surface area contributed by atoms with Gasteiger partial charge in [-0.3, -0.25) is 9.59 Å². The lowest BCUT2D eigenvalue weighted by atomic mass is 10.0. The fraction of sp³-hybridized carbons (Fsp3) is 0.778. The Morgan fingerprint density at radius 2 is 1.93 bits per heavy atom. The molecule has 0 spiro atoms. The van der Waals surface area contributed by atoms with Gasteiger partial charge in [0.1, 0.15) is 6.54 Å². The fourth-order valence-corrected chi connectivity index (χ4v) is 0.771. The van der Waals surface area contributed by atoms with Crippen LogP contribution in [0.4, 0.5) is 0 Å². The van der Waals surface area contributed by atoms with E-state index in [2.05, 4.69) is 10.1 Å². The maximum absolute atomic E-state index is 11.3. The van der Waals surface area contributed by atoms with Crippen molar-refractivity contribution >= 4 is 24.3 Å². The summed E-state index contributed by atoms with van der Waals surface area (Å²) >= 11 is 0. The summed E-state index contributed by atoms with van der Waals surface area (Å²) in [5.74, 6) is -0.963. The molecule has 0 aliphatic rings. The van der Waals surface area contributed by atoms with Crippen molar-refractivity contribution in [3.05, 3.63) is 0 Å². The van der Waals surface area contributed by atoms with Gasteiger partial charge in [-0.1, -0.05) is 6.92 Å². The van der Waals surface area contributed by atoms with Crippen molar-refractivity contribution in [2.45, 2.75) is 26.8 Å². The first-order valence-corrected chi connectivity index (χ1v) is 4.68. The molecule has 0 aliphatic carbocycles. The van der Waals surface area contributed by atoms with Crippen molar-refractivity contribution in [3.8, 4) is 0 Å². The van der Waals surface area contributed by atoms with Crippen molar-refractivity contribution in [2.75, 3.05) is 13.2 Å². The van der Waals surface area contributed by atoms with Crippen LogP contribution in [0.3, 0.4) is 0 Å². The van der Waals surface area contributed by atoms with Gasteiger partial charge >= 0.3 is 5.97 Å². The average Bonchev–Trinajstić information content (AvgIpc) is 2.13. The van der Waals surface area contributed by atoms with Gasteiger partial charge in [0, 0.05) is 12.0 Å². The molecule has 2 unspecified atom stereocenters. The molecule has 0 heterocycles. The van der Waals surface area contributed by atoms with Gasteiger partial charge in [0.05, 0.1) is 6.61 Å². The molecule has 0 fully saturated rings. The third kappa shape index (κ3) is 7.16. The molecule has 5 nitrogen and oxygen atoms in total. The normalized spacial score (nSPS) is 13.3. The molecule has 0 saturated carbocycles. The van der Waals surface area contributed by atoms with Crippen LogP contribution in [0.15, 0.2) is 0 Å². The highest BCUT2D eigenvalue weighted by Crippen LogP contribution is 1.98. The Morgan fingerprint density at radius 1 is 1.40 bits per heavy atom. The third-order valence-electron chi connectivity index (χ3n) is 1.91. The molecule has 0 aliphatic heterocycles. The lowest BCUT2D eigenvalue weighted by Gasteiger charge is -2.14. The summed E-state index contributed by atoms with van der Waals surface area (Å²) in [7, 11) is 0. The lowest BCUT2D eigenvalue weighted by molar-refractivity contribution is -0.143. The fourth-order valence-electron chi connectivity index (χ4n) is 0.771. The van der Waals surface area contributed by atoms with E-state index in [4.69, 9.17) is 5.73 Å². The molecule has 1 amide bonds. The number of nitrogens with one attached hydrogen (secondary N) is 1. The van der Waals surface area contributed by atoms with Crippen molar-refractivity contribution in [2.24, 2.45) is 11.7 Å². The molecule has 0 saturated heterocycles. The first kappa shape index (κ1) is 16.6. The molecule has 0 bridgehead atoms. The topological polar surface area (TPSA) is 81.4 Å². The summed E-state index contributed by atoms with van der Waals surface area (Å²) in [6, 6.07) is -0.225. The second kappa shape index (κ2) is 8.49. The van der Waals surface area contributed by atoms with Crippen molar-refractivity contribution in [3.63, 3.8) is 0 Å². The Hall–Kier alpha value is -0.810. The maximum Gasteiger partial charge on any atom is 0.325 e. The third-order valence-corrected chi connectivity index (χ3v) is 1.91. The van der Waals surface area contributed by atoms with E-state index in [1.165, 1.54) is 0 Å². The van der Waals surface area contributed by atoms with Crippen molar-refractivity contribution < 1.29 is 14.3 Å². The SMILES string of the molecule is CCOC(=O)CNC(=O)C(C)C(C)N.Cl. The molecule has 0 radical (unpaired) electrons. The molecule has 6 heteroatoms. The number of esters is 1. The number of amides is 1. The number of hydrogen-bond acceptors (Lipinski definition) is 4. The highest BCUT2D eigenvalue weighted by atomic mass is 35.5. The Kier molecular flexibility index (Phi) is 9.41. The second-order valence-electron chi connectivity index (χ2n) is 3.17. The van der Waals surface area contributed by atoms with E-state index in [0.29, 0.717) is 6.61 Å². The van der Waals surface area contributed by atoms with Crippen LogP contribution in [0.1, 0.15) is 20.8 Å². The van der Waals surface area contributed by atoms with Crippen molar-refractivity contribution in [1.82, 2.24) is 5.32 Å². The zero-order chi connectivity index (χ0) is 11.1. The Bertz CT molecular complexity index is 210. The smallest absolute Gasteiger partial charge is 0.325 e. The van der Waals surface area contributed by atoms with Crippen LogP contribution in [-0.2, 0) is 14.3 Å². The molecular formula is C9H19ClN2O3. The number of nitrogens with two attached hydrogens (primary N) is 1. The van der Waals surface area contributed by atoms with Crippen molar-refractivity contribution in [1.29, 1.82) is 0 Å². The zero-order valence-electron chi connectivity index (χ0n) is 9.28. The summed E-state index contributed by atoms with van der Waals surface area (Å²) in [6.45, 7) is 5.39. The van der Waals surface area contributed by atoms with Crippen LogP contribution in [0, 0.1) is 5.92 Å². The Labute approximate surface area is 96.1 Å². The van der Waals surface area contributed by atoms with E-state index in [0.717, 1.165) is 0 Å². The van der Waals surface area contributed by atoms with Gasteiger partial charge in [-0.05, 0) is 13.8 Å². The maximum atomic E-state index is 11.3. The highest BCUT2D eigenvalue weighted by molar-refractivity contribution is 5.85. The summed E-state index contributed by atoms with van der Waals surface area (Å²) in [5.41, 5.74) is 5.52. The Morgan fingerprint density at radius 3 is 2.33 bits per heavy atom. The van der Waals surface area contributed by atoms with Crippen LogP contribution in [0.5, 0.6) is 0 Å². The van der Waals surface area contributed by atoms with Gasteiger partial charge in [-0.25, -0.2) is 0 Å². The van der Waals surface area contributed by atoms with Gasteiger partial charge in [0.25, 0.3) is 0 Å². The molecule has 90 valence electrons. The van der Waals surface area contributed by atoms with Crippen LogP contribution in [0.25, 0.3) is 0 Å². The zero-order valence-corrected chi connectivity index (χ0v) is 10.1. The molecule has 0 aromatic rings. The second-order valence-corrected chi connectivity index (χ2v) is 3.17. The number of hydrogen-bond donors (Lipinski definition) is 2. The number of carbonyl (C=O) groups is 2. The predicted octanol–water partition coefficient (Wildman–Crippen LogP) is 0.0708. The molecule has 0 aromatic carbocycles. The number of rotatable bonds is 5. The Balaban J connectivity index is 0. The number of halogens is 1. The summed E-state index contributed by atoms with van der Waals surface area (Å²) in [5, 5.41) is 2.45. The van der Waals surface area contributed by atoms with E-state index in [-0.39, 0.29) is 36.8 Å². The quantitative estimate of drug-likeness (QED) is 0.665. The number of ether oxygens (including phenoxy) is 1. The highest BCUT2D eigenvalue weighted by Gasteiger charge is 2.17. The molecular weight excluding hydrogens is 220 g/mol. The van der Waals surface area contributed by atoms with Crippen LogP contribution < -0.4 is 11.1 Å². The molecule has 2 atom stereocenters. The molecule has 0 aromatic heterocycles. The van der Waals surface area contributed by atoms with Gasteiger partial charge in [0.2, 0.25) is 5.91 Å². The predicted molar refractivity (Wildman–Crippen MR) is 59.7 cm³/mol. The molecule has 0 rings (SSSR count). The molecule has 3 N–H and O–H groups in total. The van der Waals surface area contributed by atoms with Gasteiger partial charge < -0.3 is 15.8 Å². The van der Waals surface area contributed by atoms with Crippen LogP contribution in [0.2, 0.25) is 0 Å². The van der Waals surface area contributed by atoms with E-state index >= 15 is 0 Å². The largest absolute Gasteiger partial charge is 0.465 e. The van der Waals surface area contributed by atoms with Crippen LogP contribution >= 0.6 is 12.4 Å². The van der Waals surface area contributed by atoms with E-state index in [1.54, 1.807) is 20.8 Å². The summed E-state index contributed by atoms with van der Waals surface area (Å²) in [4.78, 5) is 22.2. The summed E-state index contributed by atoms with van der Waals surface area (Å²) in [6.07, 6.45) is 0. The van der Waals surface area contributed by atoms with E-state index < -0.39 is 5.97 Å². The minimum Gasteiger partial charge on any atom is -0.465 e. The van der Waals surface area contributed by atoms with Gasteiger partial charge in [-0.2, -0.15) is 0 Å². The summed E-state index contributed by atoms with van der Waals surface area (Å²) < 4.78 is 4.65. The first-order valence-electron chi connectivity index (χ1n) is 4.68. The number of carbonyl (C=O) groups excluding carboxylic acids is 2. The van der Waals surface area contributed by atoms with Gasteiger partial charge in [0.15, 0.2) is 0 Å². The average molecular weight is 239 g/mol.